The molecule has 0 heterocycles. The van der Waals surface area contributed by atoms with E-state index in [4.69, 9.17) is 5.73 Å². The monoisotopic (exact) mass is 251 g/mol. The average Bonchev–Trinajstić information content (AvgIpc) is 2.26. The van der Waals surface area contributed by atoms with Gasteiger partial charge in [0.25, 0.3) is 0 Å². The molecule has 0 bridgehead atoms. The van der Waals surface area contributed by atoms with E-state index < -0.39 is 0 Å². The molecule has 2 heteroatoms. The van der Waals surface area contributed by atoms with Crippen molar-refractivity contribution in [1.82, 2.24) is 0 Å². The summed E-state index contributed by atoms with van der Waals surface area (Å²) >= 11 is 1.92. The van der Waals surface area contributed by atoms with Gasteiger partial charge in [-0.3, -0.25) is 0 Å². The molecule has 0 saturated carbocycles. The van der Waals surface area contributed by atoms with Crippen LogP contribution < -0.4 is 5.73 Å². The van der Waals surface area contributed by atoms with Crippen LogP contribution in [0.25, 0.3) is 0 Å². The Labute approximate surface area is 110 Å². The highest BCUT2D eigenvalue weighted by atomic mass is 32.2. The van der Waals surface area contributed by atoms with Crippen LogP contribution in [-0.2, 0) is 0 Å². The number of thioether (sulfide) groups is 1. The largest absolute Gasteiger partial charge is 0.330 e. The molecule has 17 heavy (non-hydrogen) atoms. The normalized spacial score (nSPS) is 13.4. The molecule has 2 N–H and O–H groups in total. The van der Waals surface area contributed by atoms with Gasteiger partial charge >= 0.3 is 0 Å². The van der Waals surface area contributed by atoms with Gasteiger partial charge in [-0.15, -0.1) is 11.8 Å². The topological polar surface area (TPSA) is 26.0 Å². The first-order valence-electron chi connectivity index (χ1n) is 6.51. The van der Waals surface area contributed by atoms with E-state index in [9.17, 15) is 0 Å². The van der Waals surface area contributed by atoms with E-state index in [0.29, 0.717) is 17.1 Å². The molecule has 0 radical (unpaired) electrons. The number of hydrogen-bond acceptors (Lipinski definition) is 2. The lowest BCUT2D eigenvalue weighted by molar-refractivity contribution is 0.473. The van der Waals surface area contributed by atoms with Crippen molar-refractivity contribution in [1.29, 1.82) is 0 Å². The maximum absolute atomic E-state index is 5.70. The summed E-state index contributed by atoms with van der Waals surface area (Å²) in [6.45, 7) is 9.77. The summed E-state index contributed by atoms with van der Waals surface area (Å²) in [6.07, 6.45) is 1.08. The minimum Gasteiger partial charge on any atom is -0.330 e. The Morgan fingerprint density at radius 3 is 2.06 bits per heavy atom. The minimum absolute atomic E-state index is 0.595. The second-order valence-corrected chi connectivity index (χ2v) is 6.81. The van der Waals surface area contributed by atoms with Gasteiger partial charge in [-0.05, 0) is 42.5 Å². The highest BCUT2D eigenvalue weighted by molar-refractivity contribution is 7.99. The van der Waals surface area contributed by atoms with Gasteiger partial charge < -0.3 is 5.73 Å². The van der Waals surface area contributed by atoms with Gasteiger partial charge in [-0.2, -0.15) is 0 Å². The fourth-order valence-electron chi connectivity index (χ4n) is 2.13. The number of nitrogens with two attached hydrogens (primary N) is 1. The van der Waals surface area contributed by atoms with E-state index in [1.54, 1.807) is 0 Å². The number of rotatable bonds is 6. The van der Waals surface area contributed by atoms with Crippen molar-refractivity contribution in [2.75, 3.05) is 6.54 Å². The van der Waals surface area contributed by atoms with Crippen LogP contribution >= 0.6 is 11.8 Å². The quantitative estimate of drug-likeness (QED) is 0.764. The molecular weight excluding hydrogens is 226 g/mol. The van der Waals surface area contributed by atoms with Gasteiger partial charge in [0.1, 0.15) is 0 Å². The van der Waals surface area contributed by atoms with E-state index in [1.165, 1.54) is 10.5 Å². The van der Waals surface area contributed by atoms with Gasteiger partial charge in [0.15, 0.2) is 0 Å². The number of hydrogen-bond donors (Lipinski definition) is 1. The maximum atomic E-state index is 5.70. The lowest BCUT2D eigenvalue weighted by Crippen LogP contribution is -2.12. The summed E-state index contributed by atoms with van der Waals surface area (Å²) in [4.78, 5) is 1.36. The first-order valence-corrected chi connectivity index (χ1v) is 7.39. The van der Waals surface area contributed by atoms with E-state index in [2.05, 4.69) is 52.0 Å². The Morgan fingerprint density at radius 2 is 1.65 bits per heavy atom. The Morgan fingerprint density at radius 1 is 1.06 bits per heavy atom. The van der Waals surface area contributed by atoms with Crippen LogP contribution in [0.5, 0.6) is 0 Å². The molecule has 0 aromatic heterocycles. The van der Waals surface area contributed by atoms with E-state index in [1.807, 2.05) is 11.8 Å². The Balaban J connectivity index is 2.77. The molecular formula is C15H25NS. The second-order valence-electron chi connectivity index (χ2n) is 5.16. The summed E-state index contributed by atoms with van der Waals surface area (Å²) < 4.78 is 0. The molecule has 1 aromatic rings. The fourth-order valence-corrected chi connectivity index (χ4v) is 2.97. The van der Waals surface area contributed by atoms with Crippen LogP contribution in [0, 0.1) is 5.92 Å². The molecule has 0 aliphatic rings. The molecule has 0 fully saturated rings. The van der Waals surface area contributed by atoms with Crippen LogP contribution in [0.3, 0.4) is 0 Å². The molecule has 0 aliphatic heterocycles. The first-order chi connectivity index (χ1) is 8.04. The fraction of sp³-hybridized carbons (Fsp3) is 0.600. The highest BCUT2D eigenvalue weighted by Gasteiger charge is 2.14. The van der Waals surface area contributed by atoms with Crippen molar-refractivity contribution in [3.8, 4) is 0 Å². The smallest absolute Gasteiger partial charge is 0.00747 e. The maximum Gasteiger partial charge on any atom is 0.00747 e. The Bertz CT molecular complexity index is 316. The van der Waals surface area contributed by atoms with Crippen molar-refractivity contribution in [2.24, 2.45) is 11.7 Å². The molecule has 1 nitrogen and oxygen atoms in total. The van der Waals surface area contributed by atoms with E-state index >= 15 is 0 Å². The van der Waals surface area contributed by atoms with Gasteiger partial charge in [0.2, 0.25) is 0 Å². The molecule has 1 unspecified atom stereocenters. The summed E-state index contributed by atoms with van der Waals surface area (Å²) in [5.41, 5.74) is 7.13. The molecule has 1 atom stereocenters. The molecule has 0 aliphatic carbocycles. The minimum atomic E-state index is 0.595. The van der Waals surface area contributed by atoms with E-state index in [-0.39, 0.29) is 0 Å². The van der Waals surface area contributed by atoms with E-state index in [0.717, 1.165) is 13.0 Å². The predicted octanol–water partition coefficient (Wildman–Crippen LogP) is 4.28. The molecule has 96 valence electrons. The lowest BCUT2D eigenvalue weighted by Gasteiger charge is -2.21. The molecule has 0 amide bonds. The van der Waals surface area contributed by atoms with Crippen LogP contribution in [0.4, 0.5) is 0 Å². The zero-order chi connectivity index (χ0) is 12.8. The van der Waals surface area contributed by atoms with Crippen molar-refractivity contribution < 1.29 is 0 Å². The number of benzene rings is 1. The average molecular weight is 251 g/mol. The van der Waals surface area contributed by atoms with Crippen LogP contribution in [0.2, 0.25) is 0 Å². The standard InChI is InChI=1S/C15H25NS/c1-11(2)15(9-10-16)13-5-7-14(8-6-13)17-12(3)4/h5-8,11-12,15H,9-10,16H2,1-4H3. The molecule has 0 saturated heterocycles. The predicted molar refractivity (Wildman–Crippen MR) is 78.7 cm³/mol. The van der Waals surface area contributed by atoms with Gasteiger partial charge in [-0.1, -0.05) is 39.8 Å². The Kier molecular flexibility index (Phi) is 6.07. The van der Waals surface area contributed by atoms with Gasteiger partial charge in [0.05, 0.1) is 0 Å². The first kappa shape index (κ1) is 14.6. The Hall–Kier alpha value is -0.470. The van der Waals surface area contributed by atoms with Crippen molar-refractivity contribution in [3.63, 3.8) is 0 Å². The summed E-state index contributed by atoms with van der Waals surface area (Å²) in [5.74, 6) is 1.25. The molecule has 0 spiro atoms. The highest BCUT2D eigenvalue weighted by Crippen LogP contribution is 2.30. The second kappa shape index (κ2) is 7.07. The van der Waals surface area contributed by atoms with Crippen molar-refractivity contribution in [3.05, 3.63) is 29.8 Å². The van der Waals surface area contributed by atoms with Crippen LogP contribution in [0.15, 0.2) is 29.2 Å². The summed E-state index contributed by atoms with van der Waals surface area (Å²) in [6, 6.07) is 9.02. The van der Waals surface area contributed by atoms with Gasteiger partial charge in [0, 0.05) is 10.1 Å². The molecule has 1 aromatic carbocycles. The third-order valence-electron chi connectivity index (χ3n) is 2.96. The third kappa shape index (κ3) is 4.72. The SMILES string of the molecule is CC(C)Sc1ccc(C(CCN)C(C)C)cc1. The zero-order valence-electron chi connectivity index (χ0n) is 11.4. The van der Waals surface area contributed by atoms with Crippen LogP contribution in [0.1, 0.15) is 45.6 Å². The van der Waals surface area contributed by atoms with Gasteiger partial charge in [-0.25, -0.2) is 0 Å². The lowest BCUT2D eigenvalue weighted by atomic mass is 9.86. The van der Waals surface area contributed by atoms with Crippen molar-refractivity contribution in [2.45, 2.75) is 50.2 Å². The van der Waals surface area contributed by atoms with Crippen molar-refractivity contribution >= 4 is 11.8 Å². The van der Waals surface area contributed by atoms with Crippen LogP contribution in [-0.4, -0.2) is 11.8 Å². The third-order valence-corrected chi connectivity index (χ3v) is 3.98. The zero-order valence-corrected chi connectivity index (χ0v) is 12.3. The summed E-state index contributed by atoms with van der Waals surface area (Å²) in [7, 11) is 0. The summed E-state index contributed by atoms with van der Waals surface area (Å²) in [5, 5.41) is 0.644. The molecule has 1 rings (SSSR count).